The van der Waals surface area contributed by atoms with E-state index in [0.717, 1.165) is 5.56 Å². The molecule has 2 amide bonds. The maximum Gasteiger partial charge on any atom is 0.227 e. The van der Waals surface area contributed by atoms with Gasteiger partial charge in [-0.25, -0.2) is 0 Å². The molecule has 1 aromatic heterocycles. The van der Waals surface area contributed by atoms with Gasteiger partial charge in [0, 0.05) is 45.5 Å². The van der Waals surface area contributed by atoms with Crippen molar-refractivity contribution in [1.29, 1.82) is 0 Å². The highest BCUT2D eigenvalue weighted by Gasteiger charge is 2.22. The van der Waals surface area contributed by atoms with Crippen molar-refractivity contribution in [2.45, 2.75) is 13.3 Å². The van der Waals surface area contributed by atoms with E-state index in [9.17, 15) is 9.59 Å². The predicted molar refractivity (Wildman–Crippen MR) is 66.8 cm³/mol. The second-order valence-electron chi connectivity index (χ2n) is 4.42. The van der Waals surface area contributed by atoms with Crippen molar-refractivity contribution in [2.75, 3.05) is 26.2 Å². The van der Waals surface area contributed by atoms with Gasteiger partial charge in [-0.15, -0.1) is 0 Å². The first kappa shape index (κ1) is 12.5. The average molecular weight is 247 g/mol. The van der Waals surface area contributed by atoms with Crippen LogP contribution < -0.4 is 0 Å². The molecule has 1 saturated heterocycles. The third kappa shape index (κ3) is 3.06. The molecule has 96 valence electrons. The molecule has 0 bridgehead atoms. The number of rotatable bonds is 2. The summed E-state index contributed by atoms with van der Waals surface area (Å²) in [6, 6.07) is 3.70. The fourth-order valence-corrected chi connectivity index (χ4v) is 2.06. The summed E-state index contributed by atoms with van der Waals surface area (Å²) in [5, 5.41) is 0. The molecule has 0 aliphatic carbocycles. The predicted octanol–water partition coefficient (Wildman–Crippen LogP) is 0.315. The molecule has 0 spiro atoms. The van der Waals surface area contributed by atoms with E-state index in [2.05, 4.69) is 4.98 Å². The van der Waals surface area contributed by atoms with Gasteiger partial charge in [-0.2, -0.15) is 0 Å². The van der Waals surface area contributed by atoms with Crippen LogP contribution in [0.25, 0.3) is 0 Å². The number of hydrogen-bond donors (Lipinski definition) is 0. The monoisotopic (exact) mass is 247 g/mol. The van der Waals surface area contributed by atoms with E-state index in [1.165, 1.54) is 0 Å². The number of pyridine rings is 1. The number of nitrogens with zero attached hydrogens (tertiary/aromatic N) is 3. The van der Waals surface area contributed by atoms with Crippen molar-refractivity contribution in [2.24, 2.45) is 0 Å². The maximum atomic E-state index is 12.0. The smallest absolute Gasteiger partial charge is 0.227 e. The molecule has 0 aromatic carbocycles. The number of carbonyl (C=O) groups is 2. The van der Waals surface area contributed by atoms with Gasteiger partial charge in [0.05, 0.1) is 6.42 Å². The van der Waals surface area contributed by atoms with Gasteiger partial charge in [0.25, 0.3) is 0 Å². The van der Waals surface area contributed by atoms with Crippen molar-refractivity contribution in [1.82, 2.24) is 14.8 Å². The molecule has 1 aromatic rings. The highest BCUT2D eigenvalue weighted by molar-refractivity contribution is 5.79. The molecule has 1 aliphatic rings. The molecule has 2 heterocycles. The van der Waals surface area contributed by atoms with E-state index < -0.39 is 0 Å². The zero-order valence-corrected chi connectivity index (χ0v) is 10.5. The fraction of sp³-hybridized carbons (Fsp3) is 0.462. The lowest BCUT2D eigenvalue weighted by Crippen LogP contribution is -2.50. The summed E-state index contributed by atoms with van der Waals surface area (Å²) >= 11 is 0. The van der Waals surface area contributed by atoms with Crippen LogP contribution in [0.4, 0.5) is 0 Å². The minimum absolute atomic E-state index is 0.0798. The SMILES string of the molecule is CC(=O)N1CCN(C(=O)Cc2ccncc2)CC1. The molecule has 0 saturated carbocycles. The summed E-state index contributed by atoms with van der Waals surface area (Å²) in [5.41, 5.74) is 0.976. The largest absolute Gasteiger partial charge is 0.339 e. The van der Waals surface area contributed by atoms with Gasteiger partial charge < -0.3 is 9.80 Å². The van der Waals surface area contributed by atoms with Crippen molar-refractivity contribution < 1.29 is 9.59 Å². The summed E-state index contributed by atoms with van der Waals surface area (Å²) in [6.07, 6.45) is 3.79. The van der Waals surface area contributed by atoms with Crippen molar-refractivity contribution in [3.05, 3.63) is 30.1 Å². The summed E-state index contributed by atoms with van der Waals surface area (Å²) < 4.78 is 0. The van der Waals surface area contributed by atoms with E-state index in [-0.39, 0.29) is 11.8 Å². The highest BCUT2D eigenvalue weighted by Crippen LogP contribution is 2.06. The molecule has 0 N–H and O–H groups in total. The van der Waals surface area contributed by atoms with Crippen LogP contribution in [-0.4, -0.2) is 52.8 Å². The zero-order valence-electron chi connectivity index (χ0n) is 10.5. The van der Waals surface area contributed by atoms with Crippen LogP contribution in [0.3, 0.4) is 0 Å². The van der Waals surface area contributed by atoms with Crippen LogP contribution in [0.1, 0.15) is 12.5 Å². The number of hydrogen-bond acceptors (Lipinski definition) is 3. The molecule has 1 fully saturated rings. The normalized spacial score (nSPS) is 15.6. The molecular formula is C13H17N3O2. The van der Waals surface area contributed by atoms with Gasteiger partial charge in [-0.05, 0) is 17.7 Å². The Bertz CT molecular complexity index is 425. The first-order valence-electron chi connectivity index (χ1n) is 6.09. The molecule has 0 unspecified atom stereocenters. The third-order valence-electron chi connectivity index (χ3n) is 3.18. The van der Waals surface area contributed by atoms with Crippen LogP contribution in [0, 0.1) is 0 Å². The first-order chi connectivity index (χ1) is 8.66. The number of amides is 2. The highest BCUT2D eigenvalue weighted by atomic mass is 16.2. The lowest BCUT2D eigenvalue weighted by atomic mass is 10.1. The Kier molecular flexibility index (Phi) is 3.92. The van der Waals surface area contributed by atoms with Crippen molar-refractivity contribution in [3.63, 3.8) is 0 Å². The molecule has 18 heavy (non-hydrogen) atoms. The summed E-state index contributed by atoms with van der Waals surface area (Å²) in [6.45, 7) is 4.09. The van der Waals surface area contributed by atoms with Gasteiger partial charge >= 0.3 is 0 Å². The lowest BCUT2D eigenvalue weighted by Gasteiger charge is -2.34. The Morgan fingerprint density at radius 2 is 1.67 bits per heavy atom. The lowest BCUT2D eigenvalue weighted by molar-refractivity contribution is -0.138. The van der Waals surface area contributed by atoms with E-state index in [0.29, 0.717) is 32.6 Å². The Balaban J connectivity index is 1.86. The Labute approximate surface area is 106 Å². The zero-order chi connectivity index (χ0) is 13.0. The average Bonchev–Trinajstić information content (AvgIpc) is 2.40. The molecular weight excluding hydrogens is 230 g/mol. The Morgan fingerprint density at radius 3 is 2.22 bits per heavy atom. The first-order valence-corrected chi connectivity index (χ1v) is 6.09. The van der Waals surface area contributed by atoms with Gasteiger partial charge in [0.2, 0.25) is 11.8 Å². The number of piperazine rings is 1. The van der Waals surface area contributed by atoms with E-state index in [1.807, 2.05) is 17.0 Å². The molecule has 0 atom stereocenters. The summed E-state index contributed by atoms with van der Waals surface area (Å²) in [7, 11) is 0. The molecule has 0 radical (unpaired) electrons. The van der Waals surface area contributed by atoms with Gasteiger partial charge in [-0.3, -0.25) is 14.6 Å². The summed E-state index contributed by atoms with van der Waals surface area (Å²) in [5.74, 6) is 0.195. The number of carbonyl (C=O) groups excluding carboxylic acids is 2. The number of aromatic nitrogens is 1. The third-order valence-corrected chi connectivity index (χ3v) is 3.18. The molecule has 5 heteroatoms. The minimum atomic E-state index is 0.0798. The molecule has 5 nitrogen and oxygen atoms in total. The standard InChI is InChI=1S/C13H17N3O2/c1-11(17)15-6-8-16(9-7-15)13(18)10-12-2-4-14-5-3-12/h2-5H,6-10H2,1H3. The van der Waals surface area contributed by atoms with Crippen molar-refractivity contribution in [3.8, 4) is 0 Å². The minimum Gasteiger partial charge on any atom is -0.339 e. The quantitative estimate of drug-likeness (QED) is 0.756. The van der Waals surface area contributed by atoms with Crippen LogP contribution in [-0.2, 0) is 16.0 Å². The maximum absolute atomic E-state index is 12.0. The second-order valence-corrected chi connectivity index (χ2v) is 4.42. The van der Waals surface area contributed by atoms with Gasteiger partial charge in [-0.1, -0.05) is 0 Å². The van der Waals surface area contributed by atoms with E-state index in [1.54, 1.807) is 24.2 Å². The van der Waals surface area contributed by atoms with Crippen LogP contribution in [0.15, 0.2) is 24.5 Å². The van der Waals surface area contributed by atoms with Crippen LogP contribution in [0.2, 0.25) is 0 Å². The van der Waals surface area contributed by atoms with Crippen LogP contribution >= 0.6 is 0 Å². The molecule has 2 rings (SSSR count). The Hall–Kier alpha value is -1.91. The molecule has 1 aliphatic heterocycles. The van der Waals surface area contributed by atoms with Gasteiger partial charge in [0.1, 0.15) is 0 Å². The fourth-order valence-electron chi connectivity index (χ4n) is 2.06. The summed E-state index contributed by atoms with van der Waals surface area (Å²) in [4.78, 5) is 30.7. The van der Waals surface area contributed by atoms with Crippen molar-refractivity contribution >= 4 is 11.8 Å². The Morgan fingerprint density at radius 1 is 1.11 bits per heavy atom. The van der Waals surface area contributed by atoms with E-state index >= 15 is 0 Å². The van der Waals surface area contributed by atoms with Gasteiger partial charge in [0.15, 0.2) is 0 Å². The van der Waals surface area contributed by atoms with Crippen LogP contribution in [0.5, 0.6) is 0 Å². The topological polar surface area (TPSA) is 53.5 Å². The van der Waals surface area contributed by atoms with E-state index in [4.69, 9.17) is 0 Å². The second kappa shape index (κ2) is 5.62.